The van der Waals surface area contributed by atoms with Crippen LogP contribution in [0.4, 0.5) is 10.1 Å². The van der Waals surface area contributed by atoms with Crippen molar-refractivity contribution in [3.05, 3.63) is 70.9 Å². The minimum absolute atomic E-state index is 0.0475. The summed E-state index contributed by atoms with van der Waals surface area (Å²) in [6.07, 6.45) is 4.64. The number of ether oxygens (including phenoxy) is 2. The van der Waals surface area contributed by atoms with E-state index in [1.165, 1.54) is 25.4 Å². The first-order chi connectivity index (χ1) is 14.6. The number of halogens is 2. The van der Waals surface area contributed by atoms with E-state index < -0.39 is 11.7 Å². The predicted octanol–water partition coefficient (Wildman–Crippen LogP) is 3.99. The van der Waals surface area contributed by atoms with E-state index in [1.54, 1.807) is 30.6 Å². The molecule has 3 heterocycles. The van der Waals surface area contributed by atoms with Crippen molar-refractivity contribution in [2.75, 3.05) is 12.4 Å². The molecule has 0 saturated carbocycles. The topological polar surface area (TPSA) is 102 Å². The van der Waals surface area contributed by atoms with Crippen LogP contribution in [0.25, 0.3) is 11.0 Å². The molecular weight excluding hydrogens is 413 g/mol. The van der Waals surface area contributed by atoms with E-state index in [9.17, 15) is 9.18 Å². The summed E-state index contributed by atoms with van der Waals surface area (Å²) in [5, 5.41) is 9.76. The Hall–Kier alpha value is -3.72. The summed E-state index contributed by atoms with van der Waals surface area (Å²) in [6.45, 7) is 0.0916. The highest BCUT2D eigenvalue weighted by molar-refractivity contribution is 6.34. The fraction of sp³-hybridized carbons (Fsp3) is 0.100. The smallest absolute Gasteiger partial charge is 0.260 e. The summed E-state index contributed by atoms with van der Waals surface area (Å²) in [5.41, 5.74) is 1.23. The minimum Gasteiger partial charge on any atom is -0.486 e. The normalized spacial score (nSPS) is 10.8. The van der Waals surface area contributed by atoms with E-state index in [2.05, 4.69) is 25.5 Å². The average molecular weight is 428 g/mol. The van der Waals surface area contributed by atoms with Crippen LogP contribution in [0.5, 0.6) is 11.6 Å². The van der Waals surface area contributed by atoms with Crippen LogP contribution in [0.3, 0.4) is 0 Å². The molecule has 30 heavy (non-hydrogen) atoms. The van der Waals surface area contributed by atoms with Crippen LogP contribution in [-0.4, -0.2) is 33.2 Å². The molecular formula is C20H15ClFN5O3. The fourth-order valence-corrected chi connectivity index (χ4v) is 3.03. The lowest BCUT2D eigenvalue weighted by atomic mass is 10.1. The van der Waals surface area contributed by atoms with Gasteiger partial charge in [0, 0.05) is 18.0 Å². The van der Waals surface area contributed by atoms with Crippen molar-refractivity contribution in [2.45, 2.75) is 6.61 Å². The van der Waals surface area contributed by atoms with Crippen molar-refractivity contribution in [3.63, 3.8) is 0 Å². The number of carbonyl (C=O) groups excluding carboxylic acids is 1. The van der Waals surface area contributed by atoms with E-state index in [1.807, 2.05) is 0 Å². The van der Waals surface area contributed by atoms with Crippen LogP contribution in [0.1, 0.15) is 15.9 Å². The molecule has 0 bridgehead atoms. The Morgan fingerprint density at radius 2 is 2.17 bits per heavy atom. The van der Waals surface area contributed by atoms with Gasteiger partial charge < -0.3 is 14.8 Å². The molecule has 0 radical (unpaired) electrons. The second-order valence-corrected chi connectivity index (χ2v) is 6.60. The Bertz CT molecular complexity index is 1220. The van der Waals surface area contributed by atoms with Crippen LogP contribution < -0.4 is 14.8 Å². The number of methoxy groups -OCH3 is 1. The third kappa shape index (κ3) is 3.87. The van der Waals surface area contributed by atoms with E-state index in [4.69, 9.17) is 21.1 Å². The molecule has 4 aromatic rings. The number of fused-ring (bicyclic) bond motifs is 1. The molecule has 0 spiro atoms. The molecule has 152 valence electrons. The second kappa shape index (κ2) is 8.34. The van der Waals surface area contributed by atoms with Gasteiger partial charge in [-0.15, -0.1) is 5.10 Å². The molecule has 1 aromatic carbocycles. The van der Waals surface area contributed by atoms with Gasteiger partial charge in [-0.25, -0.2) is 9.37 Å². The predicted molar refractivity (Wildman–Crippen MR) is 108 cm³/mol. The number of H-pyrrole nitrogens is 1. The number of rotatable bonds is 6. The molecule has 8 nitrogen and oxygen atoms in total. The lowest BCUT2D eigenvalue weighted by molar-refractivity contribution is 0.102. The SMILES string of the molecule is COc1n[nH]c2ncc(NC(=O)c3c(Cl)ccc(OCc4cccnc4)c3F)cc12. The fourth-order valence-electron chi connectivity index (χ4n) is 2.80. The van der Waals surface area contributed by atoms with Crippen molar-refractivity contribution < 1.29 is 18.7 Å². The Balaban J connectivity index is 1.57. The summed E-state index contributed by atoms with van der Waals surface area (Å²) in [4.78, 5) is 20.9. The van der Waals surface area contributed by atoms with Gasteiger partial charge in [-0.2, -0.15) is 0 Å². The Morgan fingerprint density at radius 3 is 2.93 bits per heavy atom. The quantitative estimate of drug-likeness (QED) is 0.482. The van der Waals surface area contributed by atoms with Gasteiger partial charge in [-0.1, -0.05) is 17.7 Å². The highest BCUT2D eigenvalue weighted by Gasteiger charge is 2.21. The Labute approximate surface area is 175 Å². The highest BCUT2D eigenvalue weighted by Crippen LogP contribution is 2.29. The number of anilines is 1. The lowest BCUT2D eigenvalue weighted by Gasteiger charge is -2.12. The van der Waals surface area contributed by atoms with Gasteiger partial charge in [-0.05, 0) is 24.3 Å². The number of nitrogens with zero attached hydrogens (tertiary/aromatic N) is 3. The van der Waals surface area contributed by atoms with Gasteiger partial charge in [-0.3, -0.25) is 14.9 Å². The number of aromatic amines is 1. The van der Waals surface area contributed by atoms with Crippen molar-refractivity contribution in [2.24, 2.45) is 0 Å². The molecule has 0 aliphatic rings. The minimum atomic E-state index is -0.862. The zero-order chi connectivity index (χ0) is 21.1. The number of benzene rings is 1. The maximum atomic E-state index is 15.0. The second-order valence-electron chi connectivity index (χ2n) is 6.19. The monoisotopic (exact) mass is 427 g/mol. The first-order valence-corrected chi connectivity index (χ1v) is 9.13. The number of hydrogen-bond acceptors (Lipinski definition) is 6. The van der Waals surface area contributed by atoms with Crippen LogP contribution in [0.2, 0.25) is 5.02 Å². The molecule has 1 amide bonds. The van der Waals surface area contributed by atoms with Gasteiger partial charge in [0.25, 0.3) is 5.91 Å². The molecule has 0 atom stereocenters. The van der Waals surface area contributed by atoms with E-state index >= 15 is 0 Å². The Morgan fingerprint density at radius 1 is 1.30 bits per heavy atom. The third-order valence-electron chi connectivity index (χ3n) is 4.23. The average Bonchev–Trinajstić information content (AvgIpc) is 3.16. The maximum Gasteiger partial charge on any atom is 0.260 e. The van der Waals surface area contributed by atoms with Crippen molar-refractivity contribution in [1.82, 2.24) is 20.2 Å². The molecule has 2 N–H and O–H groups in total. The van der Waals surface area contributed by atoms with Crippen LogP contribution in [0.15, 0.2) is 48.9 Å². The van der Waals surface area contributed by atoms with Crippen molar-refractivity contribution in [3.8, 4) is 11.6 Å². The maximum absolute atomic E-state index is 15.0. The van der Waals surface area contributed by atoms with E-state index in [-0.39, 0.29) is 22.9 Å². The van der Waals surface area contributed by atoms with Crippen LogP contribution in [-0.2, 0) is 6.61 Å². The van der Waals surface area contributed by atoms with Gasteiger partial charge in [0.2, 0.25) is 5.88 Å². The summed E-state index contributed by atoms with van der Waals surface area (Å²) in [7, 11) is 1.47. The first kappa shape index (κ1) is 19.6. The molecule has 10 heteroatoms. The van der Waals surface area contributed by atoms with Gasteiger partial charge in [0.15, 0.2) is 17.2 Å². The van der Waals surface area contributed by atoms with Crippen LogP contribution >= 0.6 is 11.6 Å². The standard InChI is InChI=1S/C20H15ClFN5O3/c1-29-20-13-7-12(9-24-18(13)26-27-20)25-19(28)16-14(21)4-5-15(17(16)22)30-10-11-3-2-6-23-8-11/h2-9H,10H2,1H3,(H,25,28)(H,24,26,27). The van der Waals surface area contributed by atoms with Crippen molar-refractivity contribution in [1.29, 1.82) is 0 Å². The third-order valence-corrected chi connectivity index (χ3v) is 4.55. The lowest BCUT2D eigenvalue weighted by Crippen LogP contribution is -2.15. The molecule has 3 aromatic heterocycles. The summed E-state index contributed by atoms with van der Waals surface area (Å²) < 4.78 is 25.6. The number of nitrogens with one attached hydrogen (secondary N) is 2. The molecule has 0 saturated heterocycles. The zero-order valence-electron chi connectivity index (χ0n) is 15.6. The molecule has 0 aliphatic carbocycles. The number of carbonyl (C=O) groups is 1. The zero-order valence-corrected chi connectivity index (χ0v) is 16.4. The van der Waals surface area contributed by atoms with E-state index in [0.29, 0.717) is 22.6 Å². The summed E-state index contributed by atoms with van der Waals surface area (Å²) in [5.74, 6) is -1.38. The van der Waals surface area contributed by atoms with Gasteiger partial charge in [0.1, 0.15) is 6.61 Å². The molecule has 0 fully saturated rings. The summed E-state index contributed by atoms with van der Waals surface area (Å²) >= 11 is 6.09. The number of amides is 1. The first-order valence-electron chi connectivity index (χ1n) is 8.76. The Kier molecular flexibility index (Phi) is 5.44. The highest BCUT2D eigenvalue weighted by atomic mass is 35.5. The van der Waals surface area contributed by atoms with Gasteiger partial charge in [0.05, 0.1) is 35.0 Å². The largest absolute Gasteiger partial charge is 0.486 e. The van der Waals surface area contributed by atoms with E-state index in [0.717, 1.165) is 5.56 Å². The van der Waals surface area contributed by atoms with Crippen molar-refractivity contribution >= 4 is 34.2 Å². The summed E-state index contributed by atoms with van der Waals surface area (Å²) in [6, 6.07) is 7.92. The van der Waals surface area contributed by atoms with Gasteiger partial charge >= 0.3 is 0 Å². The molecule has 0 unspecified atom stereocenters. The molecule has 0 aliphatic heterocycles. The number of aromatic nitrogens is 4. The molecule has 4 rings (SSSR count). The number of hydrogen-bond donors (Lipinski definition) is 2. The van der Waals surface area contributed by atoms with Crippen LogP contribution in [0, 0.1) is 5.82 Å². The number of pyridine rings is 2.